The molecule has 0 amide bonds. The first-order chi connectivity index (χ1) is 16.1. The van der Waals surface area contributed by atoms with Gasteiger partial charge in [-0.2, -0.15) is 5.10 Å². The van der Waals surface area contributed by atoms with Crippen LogP contribution in [0, 0.1) is 11.7 Å². The molecule has 33 heavy (non-hydrogen) atoms. The molecule has 0 bridgehead atoms. The van der Waals surface area contributed by atoms with E-state index in [0.29, 0.717) is 0 Å². The van der Waals surface area contributed by atoms with Crippen LogP contribution in [-0.4, -0.2) is 21.5 Å². The number of fused-ring (bicyclic) bond motifs is 2. The summed E-state index contributed by atoms with van der Waals surface area (Å²) >= 11 is 0. The molecule has 0 radical (unpaired) electrons. The number of hydrogen-bond acceptors (Lipinski definition) is 3. The summed E-state index contributed by atoms with van der Waals surface area (Å²) in [6.07, 6.45) is 3.73. The van der Waals surface area contributed by atoms with Crippen LogP contribution in [0.2, 0.25) is 0 Å². The van der Waals surface area contributed by atoms with Gasteiger partial charge in [0.1, 0.15) is 23.8 Å². The Balaban J connectivity index is 1.33. The Morgan fingerprint density at radius 2 is 1.73 bits per heavy atom. The van der Waals surface area contributed by atoms with E-state index in [1.807, 2.05) is 48.5 Å². The van der Waals surface area contributed by atoms with Crippen LogP contribution in [0.3, 0.4) is 0 Å². The molecule has 6 rings (SSSR count). The summed E-state index contributed by atoms with van der Waals surface area (Å²) in [7, 11) is 0. The van der Waals surface area contributed by atoms with Gasteiger partial charge < -0.3 is 9.84 Å². The summed E-state index contributed by atoms with van der Waals surface area (Å²) in [6.45, 7) is 0.184. The molecule has 0 saturated heterocycles. The molecule has 164 valence electrons. The van der Waals surface area contributed by atoms with Crippen molar-refractivity contribution in [2.75, 3.05) is 6.61 Å². The van der Waals surface area contributed by atoms with Gasteiger partial charge in [-0.3, -0.25) is 0 Å². The third-order valence-electron chi connectivity index (χ3n) is 6.59. The van der Waals surface area contributed by atoms with Gasteiger partial charge in [-0.25, -0.2) is 9.07 Å². The summed E-state index contributed by atoms with van der Waals surface area (Å²) in [5.41, 5.74) is 1.44. The van der Waals surface area contributed by atoms with Crippen molar-refractivity contribution in [3.05, 3.63) is 103 Å². The van der Waals surface area contributed by atoms with Crippen molar-refractivity contribution in [1.29, 1.82) is 0 Å². The standard InChI is InChI=1S/C28H23FN2O2/c29-23-11-13-24(14-12-23)31-26-15-10-22(16-20(26)17-30-31)28(32,21-8-9-21)18-33-27-7-3-5-19-4-1-2-6-25(19)27/h1-7,10-17,21,32H,8-9,18H2. The Morgan fingerprint density at radius 3 is 2.55 bits per heavy atom. The first-order valence-electron chi connectivity index (χ1n) is 11.2. The van der Waals surface area contributed by atoms with Crippen molar-refractivity contribution in [2.24, 2.45) is 5.92 Å². The highest BCUT2D eigenvalue weighted by molar-refractivity contribution is 5.88. The number of aliphatic hydroxyl groups is 1. The van der Waals surface area contributed by atoms with Crippen LogP contribution in [0.5, 0.6) is 5.75 Å². The number of halogens is 1. The molecule has 5 aromatic rings. The number of rotatable bonds is 6. The second kappa shape index (κ2) is 7.71. The number of nitrogens with zero attached hydrogens (tertiary/aromatic N) is 2. The van der Waals surface area contributed by atoms with Crippen molar-refractivity contribution in [2.45, 2.75) is 18.4 Å². The Hall–Kier alpha value is -3.70. The lowest BCUT2D eigenvalue weighted by Gasteiger charge is -2.29. The highest BCUT2D eigenvalue weighted by atomic mass is 19.1. The van der Waals surface area contributed by atoms with Gasteiger partial charge in [-0.15, -0.1) is 0 Å². The smallest absolute Gasteiger partial charge is 0.127 e. The van der Waals surface area contributed by atoms with E-state index in [-0.39, 0.29) is 18.3 Å². The average molecular weight is 439 g/mol. The zero-order chi connectivity index (χ0) is 22.4. The van der Waals surface area contributed by atoms with Gasteiger partial charge in [0.15, 0.2) is 0 Å². The topological polar surface area (TPSA) is 47.3 Å². The molecule has 1 fully saturated rings. The SMILES string of the molecule is OC(COc1cccc2ccccc12)(c1ccc2c(cnn2-c2ccc(F)cc2)c1)C1CC1. The van der Waals surface area contributed by atoms with Gasteiger partial charge in [-0.1, -0.05) is 42.5 Å². The second-order valence-corrected chi connectivity index (χ2v) is 8.77. The fourth-order valence-electron chi connectivity index (χ4n) is 4.60. The van der Waals surface area contributed by atoms with Crippen molar-refractivity contribution in [3.8, 4) is 11.4 Å². The lowest BCUT2D eigenvalue weighted by molar-refractivity contribution is -0.0290. The molecular weight excluding hydrogens is 415 g/mol. The molecule has 1 unspecified atom stereocenters. The minimum absolute atomic E-state index is 0.164. The van der Waals surface area contributed by atoms with Gasteiger partial charge in [0, 0.05) is 10.8 Å². The molecule has 1 saturated carbocycles. The maximum absolute atomic E-state index is 13.3. The minimum Gasteiger partial charge on any atom is -0.490 e. The van der Waals surface area contributed by atoms with Gasteiger partial charge in [0.05, 0.1) is 17.4 Å². The molecule has 5 heteroatoms. The average Bonchev–Trinajstić information content (AvgIpc) is 3.63. The highest BCUT2D eigenvalue weighted by Gasteiger charge is 2.46. The Labute approximate surface area is 190 Å². The summed E-state index contributed by atoms with van der Waals surface area (Å²) in [6, 6.07) is 26.2. The first kappa shape index (κ1) is 19.9. The van der Waals surface area contributed by atoms with Gasteiger partial charge in [-0.05, 0) is 72.2 Å². The van der Waals surface area contributed by atoms with E-state index in [9.17, 15) is 9.50 Å². The first-order valence-corrected chi connectivity index (χ1v) is 11.2. The molecule has 4 aromatic carbocycles. The summed E-state index contributed by atoms with van der Waals surface area (Å²) in [5.74, 6) is 0.660. The van der Waals surface area contributed by atoms with E-state index in [1.54, 1.807) is 23.0 Å². The van der Waals surface area contributed by atoms with Crippen LogP contribution in [0.1, 0.15) is 18.4 Å². The Morgan fingerprint density at radius 1 is 0.939 bits per heavy atom. The fourth-order valence-corrected chi connectivity index (χ4v) is 4.60. The highest BCUT2D eigenvalue weighted by Crippen LogP contribution is 2.46. The number of aromatic nitrogens is 2. The van der Waals surface area contributed by atoms with Gasteiger partial charge in [0.25, 0.3) is 0 Å². The lowest BCUT2D eigenvalue weighted by atomic mass is 9.89. The zero-order valence-corrected chi connectivity index (χ0v) is 18.0. The molecule has 1 N–H and O–H groups in total. The number of ether oxygens (including phenoxy) is 1. The van der Waals surface area contributed by atoms with Crippen molar-refractivity contribution >= 4 is 21.7 Å². The fraction of sp³-hybridized carbons (Fsp3) is 0.179. The summed E-state index contributed by atoms with van der Waals surface area (Å²) < 4.78 is 21.3. The van der Waals surface area contributed by atoms with Crippen LogP contribution in [0.15, 0.2) is 91.1 Å². The molecule has 1 aromatic heterocycles. The van der Waals surface area contributed by atoms with Crippen LogP contribution >= 0.6 is 0 Å². The molecule has 1 aliphatic carbocycles. The minimum atomic E-state index is -1.08. The van der Waals surface area contributed by atoms with E-state index >= 15 is 0 Å². The van der Waals surface area contributed by atoms with Gasteiger partial charge >= 0.3 is 0 Å². The maximum Gasteiger partial charge on any atom is 0.127 e. The zero-order valence-electron chi connectivity index (χ0n) is 18.0. The predicted molar refractivity (Wildman–Crippen MR) is 127 cm³/mol. The Bertz CT molecular complexity index is 1450. The van der Waals surface area contributed by atoms with Gasteiger partial charge in [0.2, 0.25) is 0 Å². The molecule has 1 heterocycles. The van der Waals surface area contributed by atoms with Crippen molar-refractivity contribution in [3.63, 3.8) is 0 Å². The Kier molecular flexibility index (Phi) is 4.66. The lowest BCUT2D eigenvalue weighted by Crippen LogP contribution is -2.35. The van der Waals surface area contributed by atoms with E-state index in [1.165, 1.54) is 12.1 Å². The van der Waals surface area contributed by atoms with Crippen LogP contribution in [-0.2, 0) is 5.60 Å². The summed E-state index contributed by atoms with van der Waals surface area (Å²) in [4.78, 5) is 0. The quantitative estimate of drug-likeness (QED) is 0.354. The van der Waals surface area contributed by atoms with E-state index in [2.05, 4.69) is 17.2 Å². The molecule has 4 nitrogen and oxygen atoms in total. The van der Waals surface area contributed by atoms with Crippen LogP contribution in [0.4, 0.5) is 4.39 Å². The van der Waals surface area contributed by atoms with E-state index < -0.39 is 5.60 Å². The van der Waals surface area contributed by atoms with Crippen LogP contribution < -0.4 is 4.74 Å². The molecular formula is C28H23FN2O2. The number of hydrogen-bond donors (Lipinski definition) is 1. The molecule has 0 aliphatic heterocycles. The second-order valence-electron chi connectivity index (χ2n) is 8.77. The molecule has 1 aliphatic rings. The predicted octanol–water partition coefficient (Wildman–Crippen LogP) is 5.99. The third-order valence-corrected chi connectivity index (χ3v) is 6.59. The largest absolute Gasteiger partial charge is 0.490 e. The number of benzene rings is 4. The van der Waals surface area contributed by atoms with E-state index in [4.69, 9.17) is 4.74 Å². The third kappa shape index (κ3) is 3.55. The maximum atomic E-state index is 13.3. The summed E-state index contributed by atoms with van der Waals surface area (Å²) in [5, 5.41) is 19.3. The van der Waals surface area contributed by atoms with Crippen molar-refractivity contribution in [1.82, 2.24) is 9.78 Å². The van der Waals surface area contributed by atoms with Crippen LogP contribution in [0.25, 0.3) is 27.4 Å². The van der Waals surface area contributed by atoms with Crippen molar-refractivity contribution < 1.29 is 14.2 Å². The van der Waals surface area contributed by atoms with E-state index in [0.717, 1.165) is 51.5 Å². The monoisotopic (exact) mass is 438 g/mol. The normalized spacial score (nSPS) is 15.6. The molecule has 1 atom stereocenters. The molecule has 0 spiro atoms.